The highest BCUT2D eigenvalue weighted by Gasteiger charge is 2.31. The van der Waals surface area contributed by atoms with Gasteiger partial charge in [-0.1, -0.05) is 6.07 Å². The fraction of sp³-hybridized carbons (Fsp3) is 0.304. The molecule has 170 valence electrons. The summed E-state index contributed by atoms with van der Waals surface area (Å²) < 4.78 is 43.0. The van der Waals surface area contributed by atoms with E-state index in [-0.39, 0.29) is 22.9 Å². The van der Waals surface area contributed by atoms with Crippen LogP contribution in [0.2, 0.25) is 0 Å². The number of aryl methyl sites for hydroxylation is 1. The zero-order chi connectivity index (χ0) is 24.1. The van der Waals surface area contributed by atoms with Crippen molar-refractivity contribution in [2.24, 2.45) is 0 Å². The van der Waals surface area contributed by atoms with Crippen LogP contribution in [0.15, 0.2) is 46.1 Å². The Balaban J connectivity index is 1.74. The molecule has 0 radical (unpaired) electrons. The third-order valence-electron chi connectivity index (χ3n) is 5.72. The lowest BCUT2D eigenvalue weighted by molar-refractivity contribution is -0.137. The Bertz CT molecular complexity index is 1430. The predicted molar refractivity (Wildman–Crippen MR) is 113 cm³/mol. The molecular weight excluding hydrogens is 437 g/mol. The van der Waals surface area contributed by atoms with Gasteiger partial charge in [-0.15, -0.1) is 0 Å². The number of alkyl halides is 3. The second kappa shape index (κ2) is 7.92. The molecule has 2 aromatic heterocycles. The van der Waals surface area contributed by atoms with Crippen molar-refractivity contribution in [2.75, 3.05) is 0 Å². The van der Waals surface area contributed by atoms with Gasteiger partial charge < -0.3 is 4.57 Å². The molecule has 1 aliphatic carbocycles. The standard InChI is InChI=1S/C23H19F3N4O3/c1-13-8-19(14(2)30(13)18-5-3-4-16(9-18)23(24,25)26)20(31)12-29-21(32)15(10-27)11-28(22(29)33)17-6-7-17/h3-5,8-9,11,17H,6-7,12H2,1-2H3. The maximum absolute atomic E-state index is 13.1. The summed E-state index contributed by atoms with van der Waals surface area (Å²) in [5.41, 5.74) is -1.26. The summed E-state index contributed by atoms with van der Waals surface area (Å²) in [5, 5.41) is 9.25. The van der Waals surface area contributed by atoms with Gasteiger partial charge in [0.1, 0.15) is 11.6 Å². The molecule has 4 rings (SSSR count). The first-order valence-corrected chi connectivity index (χ1v) is 10.2. The molecule has 0 bridgehead atoms. The zero-order valence-electron chi connectivity index (χ0n) is 17.8. The van der Waals surface area contributed by atoms with Crippen LogP contribution < -0.4 is 11.2 Å². The van der Waals surface area contributed by atoms with E-state index in [1.54, 1.807) is 19.9 Å². The monoisotopic (exact) mass is 456 g/mol. The summed E-state index contributed by atoms with van der Waals surface area (Å²) in [5.74, 6) is -0.557. The van der Waals surface area contributed by atoms with E-state index < -0.39 is 35.3 Å². The second-order valence-electron chi connectivity index (χ2n) is 8.06. The molecule has 10 heteroatoms. The number of Topliss-reactive ketones (excluding diaryl/α,β-unsaturated/α-hetero) is 1. The summed E-state index contributed by atoms with van der Waals surface area (Å²) in [7, 11) is 0. The average molecular weight is 456 g/mol. The number of ketones is 1. The Labute approximate surface area is 185 Å². The third-order valence-corrected chi connectivity index (χ3v) is 5.72. The Morgan fingerprint density at radius 2 is 1.88 bits per heavy atom. The fourth-order valence-electron chi connectivity index (χ4n) is 3.94. The highest BCUT2D eigenvalue weighted by molar-refractivity contribution is 5.97. The molecule has 1 aromatic carbocycles. The van der Waals surface area contributed by atoms with Gasteiger partial charge in [-0.05, 0) is 51.0 Å². The number of hydrogen-bond acceptors (Lipinski definition) is 4. The van der Waals surface area contributed by atoms with E-state index in [0.29, 0.717) is 11.4 Å². The first-order chi connectivity index (χ1) is 15.5. The van der Waals surface area contributed by atoms with Crippen LogP contribution in [0.5, 0.6) is 0 Å². The molecule has 1 aliphatic rings. The number of rotatable bonds is 5. The molecule has 33 heavy (non-hydrogen) atoms. The number of nitriles is 1. The zero-order valence-corrected chi connectivity index (χ0v) is 17.8. The van der Waals surface area contributed by atoms with E-state index >= 15 is 0 Å². The minimum absolute atomic E-state index is 0.0995. The van der Waals surface area contributed by atoms with E-state index in [2.05, 4.69) is 0 Å². The van der Waals surface area contributed by atoms with Crippen molar-refractivity contribution in [2.45, 2.75) is 45.5 Å². The summed E-state index contributed by atoms with van der Waals surface area (Å²) in [4.78, 5) is 38.4. The minimum atomic E-state index is -4.52. The molecule has 2 heterocycles. The van der Waals surface area contributed by atoms with Gasteiger partial charge in [0, 0.05) is 34.9 Å². The van der Waals surface area contributed by atoms with Crippen molar-refractivity contribution >= 4 is 5.78 Å². The Hall–Kier alpha value is -3.87. The maximum Gasteiger partial charge on any atom is 0.416 e. The van der Waals surface area contributed by atoms with Gasteiger partial charge in [-0.25, -0.2) is 4.79 Å². The minimum Gasteiger partial charge on any atom is -0.318 e. The number of carbonyl (C=O) groups is 1. The molecule has 0 amide bonds. The van der Waals surface area contributed by atoms with Crippen LogP contribution in [0.3, 0.4) is 0 Å². The number of carbonyl (C=O) groups excluding carboxylic acids is 1. The molecule has 7 nitrogen and oxygen atoms in total. The van der Waals surface area contributed by atoms with Crippen molar-refractivity contribution in [1.82, 2.24) is 13.7 Å². The molecule has 0 unspecified atom stereocenters. The summed E-state index contributed by atoms with van der Waals surface area (Å²) in [6, 6.07) is 7.91. The molecule has 0 spiro atoms. The number of hydrogen-bond donors (Lipinski definition) is 0. The number of benzene rings is 1. The van der Waals surface area contributed by atoms with Gasteiger partial charge in [0.15, 0.2) is 5.78 Å². The van der Waals surface area contributed by atoms with E-state index in [4.69, 9.17) is 0 Å². The Morgan fingerprint density at radius 1 is 1.18 bits per heavy atom. The first kappa shape index (κ1) is 22.3. The highest BCUT2D eigenvalue weighted by Crippen LogP contribution is 2.33. The van der Waals surface area contributed by atoms with Gasteiger partial charge in [0.2, 0.25) is 0 Å². The summed E-state index contributed by atoms with van der Waals surface area (Å²) in [6.07, 6.45) is -1.80. The largest absolute Gasteiger partial charge is 0.416 e. The third kappa shape index (κ3) is 4.02. The van der Waals surface area contributed by atoms with Crippen molar-refractivity contribution < 1.29 is 18.0 Å². The molecule has 1 fully saturated rings. The smallest absolute Gasteiger partial charge is 0.318 e. The van der Waals surface area contributed by atoms with Crippen molar-refractivity contribution in [1.29, 1.82) is 5.26 Å². The number of aromatic nitrogens is 3. The highest BCUT2D eigenvalue weighted by atomic mass is 19.4. The number of halogens is 3. The molecule has 0 aliphatic heterocycles. The Morgan fingerprint density at radius 3 is 2.48 bits per heavy atom. The van der Waals surface area contributed by atoms with Gasteiger partial charge in [0.05, 0.1) is 12.1 Å². The van der Waals surface area contributed by atoms with E-state index in [9.17, 15) is 32.8 Å². The first-order valence-electron chi connectivity index (χ1n) is 10.2. The van der Waals surface area contributed by atoms with Crippen molar-refractivity contribution in [3.8, 4) is 11.8 Å². The Kier molecular flexibility index (Phi) is 5.36. The maximum atomic E-state index is 13.1. The summed E-state index contributed by atoms with van der Waals surface area (Å²) >= 11 is 0. The van der Waals surface area contributed by atoms with Gasteiger partial charge in [-0.2, -0.15) is 18.4 Å². The van der Waals surface area contributed by atoms with Crippen molar-refractivity contribution in [3.63, 3.8) is 0 Å². The SMILES string of the molecule is Cc1cc(C(=O)Cn2c(=O)c(C#N)cn(C3CC3)c2=O)c(C)n1-c1cccc(C(F)(F)F)c1. The quantitative estimate of drug-likeness (QED) is 0.550. The predicted octanol–water partition coefficient (Wildman–Crippen LogP) is 3.53. The van der Waals surface area contributed by atoms with Gasteiger partial charge >= 0.3 is 11.9 Å². The summed E-state index contributed by atoms with van der Waals surface area (Å²) in [6.45, 7) is 2.65. The van der Waals surface area contributed by atoms with E-state index in [1.807, 2.05) is 0 Å². The van der Waals surface area contributed by atoms with Crippen molar-refractivity contribution in [3.05, 3.63) is 85.4 Å². The van der Waals surface area contributed by atoms with Crippen LogP contribution >= 0.6 is 0 Å². The second-order valence-corrected chi connectivity index (χ2v) is 8.06. The molecule has 0 N–H and O–H groups in total. The lowest BCUT2D eigenvalue weighted by Gasteiger charge is -2.13. The van der Waals surface area contributed by atoms with E-state index in [0.717, 1.165) is 29.5 Å². The fourth-order valence-corrected chi connectivity index (χ4v) is 3.94. The average Bonchev–Trinajstić information content (AvgIpc) is 3.55. The van der Waals surface area contributed by atoms with Gasteiger partial charge in [-0.3, -0.25) is 18.7 Å². The normalized spacial score (nSPS) is 13.7. The van der Waals surface area contributed by atoms with Crippen LogP contribution in [-0.2, 0) is 12.7 Å². The van der Waals surface area contributed by atoms with Crippen LogP contribution in [0.4, 0.5) is 13.2 Å². The van der Waals surface area contributed by atoms with Crippen LogP contribution in [0, 0.1) is 25.2 Å². The van der Waals surface area contributed by atoms with Crippen LogP contribution in [0.25, 0.3) is 5.69 Å². The lowest BCUT2D eigenvalue weighted by atomic mass is 10.1. The molecular formula is C23H19F3N4O3. The molecule has 0 saturated heterocycles. The molecule has 1 saturated carbocycles. The number of nitrogens with zero attached hydrogens (tertiary/aromatic N) is 4. The van der Waals surface area contributed by atoms with Crippen LogP contribution in [0.1, 0.15) is 51.8 Å². The van der Waals surface area contributed by atoms with Gasteiger partial charge in [0.25, 0.3) is 5.56 Å². The molecule has 0 atom stereocenters. The lowest BCUT2D eigenvalue weighted by Crippen LogP contribution is -2.42. The molecule has 3 aromatic rings. The van der Waals surface area contributed by atoms with Crippen LogP contribution in [-0.4, -0.2) is 19.5 Å². The topological polar surface area (TPSA) is 89.8 Å². The van der Waals surface area contributed by atoms with E-state index in [1.165, 1.54) is 33.5 Å².